The number of rotatable bonds is 6. The minimum atomic E-state index is -1.70. The Kier molecular flexibility index (Phi) is 6.63. The van der Waals surface area contributed by atoms with Gasteiger partial charge in [0.1, 0.15) is 24.4 Å². The summed E-state index contributed by atoms with van der Waals surface area (Å²) in [5.41, 5.74) is 2.36. The van der Waals surface area contributed by atoms with Crippen LogP contribution in [-0.2, 0) is 14.3 Å². The molecule has 0 aliphatic carbocycles. The van der Waals surface area contributed by atoms with Crippen molar-refractivity contribution in [2.75, 3.05) is 6.61 Å². The molecule has 0 aromatic heterocycles. The standard InChI is InChI=1S/C21H22O8/c22-11-16-17(23)18(24)19(25)21(29-16)28-15(20(26)27)10-12-5-4-8-14(9-12)13-6-2-1-3-7-13/h1-10,16-19,21-25H,11H2,(H,26,27)/b15-10-/t16-,17-,18+,19-,21-/m0/s1. The van der Waals surface area contributed by atoms with Gasteiger partial charge in [-0.3, -0.25) is 0 Å². The van der Waals surface area contributed by atoms with E-state index in [0.717, 1.165) is 11.1 Å². The van der Waals surface area contributed by atoms with Crippen molar-refractivity contribution in [3.63, 3.8) is 0 Å². The van der Waals surface area contributed by atoms with Gasteiger partial charge in [0.25, 0.3) is 0 Å². The zero-order valence-electron chi connectivity index (χ0n) is 15.3. The van der Waals surface area contributed by atoms with Gasteiger partial charge in [-0.05, 0) is 28.8 Å². The Morgan fingerprint density at radius 3 is 2.31 bits per heavy atom. The number of carbonyl (C=O) groups is 1. The highest BCUT2D eigenvalue weighted by atomic mass is 16.7. The van der Waals surface area contributed by atoms with Gasteiger partial charge in [0.2, 0.25) is 12.0 Å². The van der Waals surface area contributed by atoms with Crippen molar-refractivity contribution in [2.24, 2.45) is 0 Å². The molecule has 1 saturated heterocycles. The Morgan fingerprint density at radius 2 is 1.66 bits per heavy atom. The first-order valence-electron chi connectivity index (χ1n) is 8.98. The lowest BCUT2D eigenvalue weighted by Crippen LogP contribution is -2.59. The number of benzene rings is 2. The largest absolute Gasteiger partial charge is 0.475 e. The fourth-order valence-electron chi connectivity index (χ4n) is 3.03. The van der Waals surface area contributed by atoms with Crippen molar-refractivity contribution in [1.29, 1.82) is 0 Å². The van der Waals surface area contributed by atoms with Gasteiger partial charge >= 0.3 is 5.97 Å². The molecule has 1 fully saturated rings. The number of hydrogen-bond acceptors (Lipinski definition) is 7. The fraction of sp³-hybridized carbons (Fsp3) is 0.286. The van der Waals surface area contributed by atoms with Crippen LogP contribution in [0.15, 0.2) is 60.4 Å². The molecule has 8 nitrogen and oxygen atoms in total. The van der Waals surface area contributed by atoms with Gasteiger partial charge in [-0.25, -0.2) is 4.79 Å². The minimum absolute atomic E-state index is 0.528. The molecule has 3 rings (SSSR count). The van der Waals surface area contributed by atoms with Crippen molar-refractivity contribution in [2.45, 2.75) is 30.7 Å². The summed E-state index contributed by atoms with van der Waals surface area (Å²) in [7, 11) is 0. The van der Waals surface area contributed by atoms with Gasteiger partial charge < -0.3 is 35.0 Å². The maximum Gasteiger partial charge on any atom is 0.371 e. The van der Waals surface area contributed by atoms with E-state index in [1.165, 1.54) is 6.08 Å². The second kappa shape index (κ2) is 9.17. The molecule has 0 amide bonds. The third-order valence-electron chi connectivity index (χ3n) is 4.59. The number of aliphatic hydroxyl groups excluding tert-OH is 4. The zero-order chi connectivity index (χ0) is 21.0. The van der Waals surface area contributed by atoms with Gasteiger partial charge in [0.05, 0.1) is 6.61 Å². The average molecular weight is 402 g/mol. The van der Waals surface area contributed by atoms with Gasteiger partial charge in [0, 0.05) is 0 Å². The first-order valence-corrected chi connectivity index (χ1v) is 8.98. The van der Waals surface area contributed by atoms with Gasteiger partial charge in [-0.1, -0.05) is 48.5 Å². The second-order valence-corrected chi connectivity index (χ2v) is 6.62. The molecular weight excluding hydrogens is 380 g/mol. The van der Waals surface area contributed by atoms with Crippen LogP contribution in [0.3, 0.4) is 0 Å². The number of hydrogen-bond donors (Lipinski definition) is 5. The molecule has 2 aromatic rings. The summed E-state index contributed by atoms with van der Waals surface area (Å²) in [5, 5.41) is 48.4. The molecule has 1 aliphatic rings. The first kappa shape index (κ1) is 21.0. The molecule has 1 aliphatic heterocycles. The molecule has 0 bridgehead atoms. The molecule has 5 atom stereocenters. The molecule has 2 aromatic carbocycles. The summed E-state index contributed by atoms with van der Waals surface area (Å²) in [6.45, 7) is -0.643. The van der Waals surface area contributed by atoms with Crippen LogP contribution in [0.25, 0.3) is 17.2 Å². The van der Waals surface area contributed by atoms with Gasteiger partial charge in [0.15, 0.2) is 0 Å². The molecule has 29 heavy (non-hydrogen) atoms. The van der Waals surface area contributed by atoms with Crippen molar-refractivity contribution >= 4 is 12.0 Å². The average Bonchev–Trinajstić information content (AvgIpc) is 2.74. The van der Waals surface area contributed by atoms with Crippen molar-refractivity contribution in [1.82, 2.24) is 0 Å². The highest BCUT2D eigenvalue weighted by Gasteiger charge is 2.45. The topological polar surface area (TPSA) is 137 Å². The van der Waals surface area contributed by atoms with Crippen LogP contribution in [0.2, 0.25) is 0 Å². The van der Waals surface area contributed by atoms with Crippen LogP contribution in [0.4, 0.5) is 0 Å². The molecule has 0 unspecified atom stereocenters. The van der Waals surface area contributed by atoms with E-state index < -0.39 is 49.0 Å². The van der Waals surface area contributed by atoms with Crippen LogP contribution in [0, 0.1) is 0 Å². The summed E-state index contributed by atoms with van der Waals surface area (Å²) < 4.78 is 10.5. The Bertz CT molecular complexity index is 864. The molecule has 154 valence electrons. The quantitative estimate of drug-likeness (QED) is 0.350. The summed E-state index contributed by atoms with van der Waals surface area (Å²) in [6, 6.07) is 16.6. The lowest BCUT2D eigenvalue weighted by atomic mass is 9.99. The highest BCUT2D eigenvalue weighted by molar-refractivity contribution is 5.90. The Morgan fingerprint density at radius 1 is 0.966 bits per heavy atom. The predicted molar refractivity (Wildman–Crippen MR) is 102 cm³/mol. The number of aliphatic hydroxyl groups is 4. The van der Waals surface area contributed by atoms with E-state index in [1.54, 1.807) is 18.2 Å². The van der Waals surface area contributed by atoms with E-state index in [1.807, 2.05) is 36.4 Å². The fourth-order valence-corrected chi connectivity index (χ4v) is 3.03. The normalized spacial score (nSPS) is 27.4. The van der Waals surface area contributed by atoms with Gasteiger partial charge in [-0.2, -0.15) is 0 Å². The maximum atomic E-state index is 11.6. The highest BCUT2D eigenvalue weighted by Crippen LogP contribution is 2.25. The Balaban J connectivity index is 1.85. The van der Waals surface area contributed by atoms with E-state index in [-0.39, 0.29) is 0 Å². The molecule has 0 spiro atoms. The van der Waals surface area contributed by atoms with Crippen molar-refractivity contribution in [3.05, 3.63) is 65.9 Å². The number of aliphatic carboxylic acids is 1. The molecule has 0 saturated carbocycles. The molecule has 0 radical (unpaired) electrons. The Labute approximate surface area is 166 Å². The Hall–Kier alpha value is -2.75. The summed E-state index contributed by atoms with van der Waals surface area (Å²) in [4.78, 5) is 11.6. The van der Waals surface area contributed by atoms with E-state index in [0.29, 0.717) is 5.56 Å². The lowest BCUT2D eigenvalue weighted by molar-refractivity contribution is -0.291. The molecule has 8 heteroatoms. The SMILES string of the molecule is O=C(O)/C(=C/c1cccc(-c2ccccc2)c1)O[C@H]1O[C@@H](CO)[C@H](O)[C@@H](O)[C@@H]1O. The van der Waals surface area contributed by atoms with E-state index in [9.17, 15) is 30.3 Å². The predicted octanol–water partition coefficient (Wildman–Crippen LogP) is 0.596. The molecule has 5 N–H and O–H groups in total. The van der Waals surface area contributed by atoms with Gasteiger partial charge in [-0.15, -0.1) is 0 Å². The number of ether oxygens (including phenoxy) is 2. The van der Waals surface area contributed by atoms with Crippen LogP contribution >= 0.6 is 0 Å². The third kappa shape index (κ3) is 4.81. The van der Waals surface area contributed by atoms with Crippen molar-refractivity contribution < 1.29 is 39.8 Å². The third-order valence-corrected chi connectivity index (χ3v) is 4.59. The minimum Gasteiger partial charge on any atom is -0.475 e. The van der Waals surface area contributed by atoms with E-state index in [2.05, 4.69) is 0 Å². The number of carboxylic acid groups (broad SMARTS) is 1. The van der Waals surface area contributed by atoms with Crippen LogP contribution in [0.1, 0.15) is 5.56 Å². The monoisotopic (exact) mass is 402 g/mol. The van der Waals surface area contributed by atoms with Crippen LogP contribution in [0.5, 0.6) is 0 Å². The van der Waals surface area contributed by atoms with Crippen LogP contribution < -0.4 is 0 Å². The molecule has 1 heterocycles. The van der Waals surface area contributed by atoms with E-state index in [4.69, 9.17) is 9.47 Å². The summed E-state index contributed by atoms with van der Waals surface area (Å²) in [5.74, 6) is -1.94. The maximum absolute atomic E-state index is 11.6. The summed E-state index contributed by atoms with van der Waals surface area (Å²) in [6.07, 6.45) is -6.45. The second-order valence-electron chi connectivity index (χ2n) is 6.62. The molecular formula is C21H22O8. The van der Waals surface area contributed by atoms with E-state index >= 15 is 0 Å². The number of carboxylic acids is 1. The smallest absolute Gasteiger partial charge is 0.371 e. The van der Waals surface area contributed by atoms with Crippen LogP contribution in [-0.4, -0.2) is 68.8 Å². The summed E-state index contributed by atoms with van der Waals surface area (Å²) >= 11 is 0. The lowest BCUT2D eigenvalue weighted by Gasteiger charge is -2.39. The zero-order valence-corrected chi connectivity index (χ0v) is 15.3. The van der Waals surface area contributed by atoms with Crippen molar-refractivity contribution in [3.8, 4) is 11.1 Å². The first-order chi connectivity index (χ1) is 13.9.